The lowest BCUT2D eigenvalue weighted by atomic mass is 10.1. The monoisotopic (exact) mass is 372 g/mol. The van der Waals surface area contributed by atoms with Crippen molar-refractivity contribution in [3.05, 3.63) is 72.2 Å². The van der Waals surface area contributed by atoms with Crippen molar-refractivity contribution in [2.24, 2.45) is 0 Å². The van der Waals surface area contributed by atoms with Crippen LogP contribution in [0.4, 0.5) is 9.18 Å². The molecule has 3 rings (SSSR count). The summed E-state index contributed by atoms with van der Waals surface area (Å²) in [6.45, 7) is 5.25. The number of carbonyl (C=O) groups excluding carboxylic acids is 1. The molecule has 0 bridgehead atoms. The maximum atomic E-state index is 14.2. The lowest BCUT2D eigenvalue weighted by Gasteiger charge is -2.19. The number of alkyl carbamates (subject to hydrolysis) is 1. The molecule has 0 saturated heterocycles. The summed E-state index contributed by atoms with van der Waals surface area (Å²) in [4.78, 5) is 11.9. The molecule has 0 fully saturated rings. The fourth-order valence-electron chi connectivity index (χ4n) is 2.36. The van der Waals surface area contributed by atoms with E-state index in [0.29, 0.717) is 16.7 Å². The van der Waals surface area contributed by atoms with Crippen LogP contribution in [0.15, 0.2) is 60.8 Å². The van der Waals surface area contributed by atoms with E-state index < -0.39 is 47.7 Å². The third kappa shape index (κ3) is 5.17. The summed E-state index contributed by atoms with van der Waals surface area (Å²) in [5, 5.41) is 6.67. The van der Waals surface area contributed by atoms with Crippen molar-refractivity contribution in [3.63, 3.8) is 0 Å². The van der Waals surface area contributed by atoms with Crippen LogP contribution in [0.25, 0.3) is 16.8 Å². The molecule has 3 aromatic rings. The Hall–Kier alpha value is -3.15. The van der Waals surface area contributed by atoms with Gasteiger partial charge in [-0.2, -0.15) is 5.10 Å². The van der Waals surface area contributed by atoms with Crippen molar-refractivity contribution in [2.45, 2.75) is 32.9 Å². The zero-order chi connectivity index (χ0) is 23.8. The number of benzene rings is 2. The van der Waals surface area contributed by atoms with Gasteiger partial charge in [-0.05, 0) is 62.2 Å². The van der Waals surface area contributed by atoms with Gasteiger partial charge in [0.25, 0.3) is 0 Å². The number of halogens is 1. The molecule has 0 spiro atoms. The number of nitrogens with one attached hydrogen (secondary N) is 1. The molecule has 5 nitrogen and oxygen atoms in total. The number of nitrogens with zero attached hydrogens (tertiary/aromatic N) is 2. The second-order valence-corrected chi connectivity index (χ2v) is 6.85. The topological polar surface area (TPSA) is 56.2 Å². The molecular formula is C21H22FN3O2. The summed E-state index contributed by atoms with van der Waals surface area (Å²) in [6.07, 6.45) is 2.23. The van der Waals surface area contributed by atoms with Gasteiger partial charge in [0.1, 0.15) is 11.4 Å². The Kier molecular flexibility index (Phi) is 3.69. The minimum Gasteiger partial charge on any atom is -0.444 e. The second kappa shape index (κ2) is 7.61. The van der Waals surface area contributed by atoms with Gasteiger partial charge < -0.3 is 10.1 Å². The molecule has 1 amide bonds. The van der Waals surface area contributed by atoms with Crippen LogP contribution in [-0.2, 0) is 11.3 Å². The molecule has 0 unspecified atom stereocenters. The van der Waals surface area contributed by atoms with Gasteiger partial charge in [-0.3, -0.25) is 0 Å². The third-order valence-corrected chi connectivity index (χ3v) is 3.43. The summed E-state index contributed by atoms with van der Waals surface area (Å²) in [7, 11) is 0. The number of hydrogen-bond donors (Lipinski definition) is 1. The number of ether oxygens (including phenoxy) is 1. The van der Waals surface area contributed by atoms with Gasteiger partial charge in [0.15, 0.2) is 0 Å². The zero-order valence-corrected chi connectivity index (χ0v) is 15.2. The maximum absolute atomic E-state index is 14.2. The zero-order valence-electron chi connectivity index (χ0n) is 20.2. The molecule has 0 aliphatic rings. The summed E-state index contributed by atoms with van der Waals surface area (Å²) in [5.41, 5.74) is 0.640. The van der Waals surface area contributed by atoms with Crippen molar-refractivity contribution in [1.29, 1.82) is 0 Å². The van der Waals surface area contributed by atoms with Crippen LogP contribution in [0.5, 0.6) is 0 Å². The predicted octanol–water partition coefficient (Wildman–Crippen LogP) is 4.70. The smallest absolute Gasteiger partial charge is 0.407 e. The van der Waals surface area contributed by atoms with E-state index >= 15 is 0 Å². The summed E-state index contributed by atoms with van der Waals surface area (Å²) in [6, 6.07) is 1.98. The van der Waals surface area contributed by atoms with E-state index in [1.807, 2.05) is 0 Å². The van der Waals surface area contributed by atoms with Crippen molar-refractivity contribution >= 4 is 6.09 Å². The summed E-state index contributed by atoms with van der Waals surface area (Å²) < 4.78 is 60.0. The first kappa shape index (κ1) is 13.1. The summed E-state index contributed by atoms with van der Waals surface area (Å²) >= 11 is 0. The van der Waals surface area contributed by atoms with Crippen LogP contribution >= 0.6 is 0 Å². The molecule has 1 N–H and O–H groups in total. The van der Waals surface area contributed by atoms with E-state index in [1.165, 1.54) is 29.2 Å². The second-order valence-electron chi connectivity index (χ2n) is 6.85. The molecule has 1 aromatic heterocycles. The normalized spacial score (nSPS) is 13.9. The highest BCUT2D eigenvalue weighted by molar-refractivity contribution is 5.68. The molecule has 0 saturated carbocycles. The van der Waals surface area contributed by atoms with Crippen molar-refractivity contribution in [3.8, 4) is 16.8 Å². The van der Waals surface area contributed by atoms with Crippen LogP contribution in [0, 0.1) is 5.82 Å². The Morgan fingerprint density at radius 2 is 1.96 bits per heavy atom. The first-order chi connectivity index (χ1) is 14.9. The number of para-hydroxylation sites is 1. The van der Waals surface area contributed by atoms with E-state index in [0.717, 1.165) is 0 Å². The number of amides is 1. The molecule has 0 atom stereocenters. The highest BCUT2D eigenvalue weighted by Crippen LogP contribution is 2.23. The number of hydrogen-bond acceptors (Lipinski definition) is 3. The van der Waals surface area contributed by atoms with Gasteiger partial charge in [0.2, 0.25) is 0 Å². The van der Waals surface area contributed by atoms with Gasteiger partial charge >= 0.3 is 6.09 Å². The van der Waals surface area contributed by atoms with Gasteiger partial charge in [0.05, 0.1) is 18.7 Å². The Morgan fingerprint density at radius 1 is 1.22 bits per heavy atom. The summed E-state index contributed by atoms with van der Waals surface area (Å²) in [5.74, 6) is -0.529. The van der Waals surface area contributed by atoms with E-state index in [4.69, 9.17) is 11.6 Å². The lowest BCUT2D eigenvalue weighted by molar-refractivity contribution is 0.0523. The van der Waals surface area contributed by atoms with Crippen LogP contribution in [-0.4, -0.2) is 21.5 Å². The molecule has 0 aliphatic heterocycles. The van der Waals surface area contributed by atoms with Gasteiger partial charge in [-0.1, -0.05) is 18.1 Å². The fraction of sp³-hybridized carbons (Fsp3) is 0.238. The van der Waals surface area contributed by atoms with E-state index in [-0.39, 0.29) is 12.2 Å². The van der Waals surface area contributed by atoms with Gasteiger partial charge in [-0.15, -0.1) is 0 Å². The Balaban J connectivity index is 1.90. The Morgan fingerprint density at radius 3 is 2.67 bits per heavy atom. The molecular weight excluding hydrogens is 345 g/mol. The van der Waals surface area contributed by atoms with Crippen molar-refractivity contribution < 1.29 is 20.8 Å². The van der Waals surface area contributed by atoms with Crippen molar-refractivity contribution in [2.75, 3.05) is 0 Å². The molecule has 2 aromatic carbocycles. The average Bonchev–Trinajstić information content (AvgIpc) is 3.17. The standard InChI is InChI=1S/C21H22FN3O2/c1-21(2,3)27-20(26)23-12-15-9-16(11-18(22)10-15)17-13-24-25(14-17)19-7-5-4-6-8-19/h4-11,13-14H,12H2,1-3H3,(H,23,26)/i4D,5D,6D,7D,8D. The van der Waals surface area contributed by atoms with E-state index in [2.05, 4.69) is 10.4 Å². The number of aromatic nitrogens is 2. The molecule has 0 aliphatic carbocycles. The highest BCUT2D eigenvalue weighted by Gasteiger charge is 2.16. The first-order valence-corrected chi connectivity index (χ1v) is 8.26. The molecule has 140 valence electrons. The third-order valence-electron chi connectivity index (χ3n) is 3.43. The predicted molar refractivity (Wildman–Crippen MR) is 102 cm³/mol. The van der Waals surface area contributed by atoms with Crippen LogP contribution in [0.3, 0.4) is 0 Å². The van der Waals surface area contributed by atoms with Gasteiger partial charge in [0, 0.05) is 18.3 Å². The largest absolute Gasteiger partial charge is 0.444 e. The number of carbonyl (C=O) groups is 1. The molecule has 1 heterocycles. The first-order valence-electron chi connectivity index (χ1n) is 10.8. The van der Waals surface area contributed by atoms with Gasteiger partial charge in [-0.25, -0.2) is 13.9 Å². The molecule has 0 radical (unpaired) electrons. The minimum absolute atomic E-state index is 0.0386. The molecule has 6 heteroatoms. The molecule has 27 heavy (non-hydrogen) atoms. The highest BCUT2D eigenvalue weighted by atomic mass is 19.1. The SMILES string of the molecule is [2H]c1c([2H])c([2H])c(-n2cc(-c3cc(F)cc(CNC(=O)OC(C)(C)C)c3)cn2)c([2H])c1[2H]. The average molecular weight is 372 g/mol. The Bertz CT molecular complexity index is 1160. The maximum Gasteiger partial charge on any atom is 0.407 e. The van der Waals surface area contributed by atoms with Crippen molar-refractivity contribution in [1.82, 2.24) is 15.1 Å². The van der Waals surface area contributed by atoms with Crippen LogP contribution in [0.1, 0.15) is 33.2 Å². The van der Waals surface area contributed by atoms with E-state index in [9.17, 15) is 9.18 Å². The number of rotatable bonds is 4. The Labute approximate surface area is 164 Å². The lowest BCUT2D eigenvalue weighted by Crippen LogP contribution is -2.32. The van der Waals surface area contributed by atoms with E-state index in [1.54, 1.807) is 26.8 Å². The van der Waals surface area contributed by atoms with Crippen LogP contribution in [0.2, 0.25) is 0 Å². The minimum atomic E-state index is -0.658. The quantitative estimate of drug-likeness (QED) is 0.722. The fourth-order valence-corrected chi connectivity index (χ4v) is 2.36. The van der Waals surface area contributed by atoms with Crippen LogP contribution < -0.4 is 5.32 Å².